The van der Waals surface area contributed by atoms with Gasteiger partial charge in [-0.2, -0.15) is 0 Å². The lowest BCUT2D eigenvalue weighted by Gasteiger charge is -2.36. The minimum Gasteiger partial charge on any atom is -0.453 e. The summed E-state index contributed by atoms with van der Waals surface area (Å²) in [5.41, 5.74) is 3.09. The average molecular weight is 457 g/mol. The van der Waals surface area contributed by atoms with E-state index in [1.807, 2.05) is 12.1 Å². The van der Waals surface area contributed by atoms with Gasteiger partial charge in [0.05, 0.1) is 17.2 Å². The van der Waals surface area contributed by atoms with Crippen molar-refractivity contribution in [1.82, 2.24) is 9.80 Å². The molecular formula is C21H24Cl3N3O2. The fraction of sp³-hybridized carbons (Fsp3) is 0.381. The van der Waals surface area contributed by atoms with E-state index in [9.17, 15) is 4.79 Å². The maximum Gasteiger partial charge on any atom is 0.409 e. The van der Waals surface area contributed by atoms with Crippen molar-refractivity contribution in [1.29, 1.82) is 0 Å². The number of carbonyl (C=O) groups excluding carboxylic acids is 1. The molecular weight excluding hydrogens is 433 g/mol. The van der Waals surface area contributed by atoms with Crippen molar-refractivity contribution in [3.05, 3.63) is 62.6 Å². The van der Waals surface area contributed by atoms with Crippen LogP contribution in [-0.4, -0.2) is 56.2 Å². The predicted molar refractivity (Wildman–Crippen MR) is 119 cm³/mol. The summed E-state index contributed by atoms with van der Waals surface area (Å²) in [6.45, 7) is 4.76. The highest BCUT2D eigenvalue weighted by Gasteiger charge is 2.20. The van der Waals surface area contributed by atoms with Crippen LogP contribution in [0.25, 0.3) is 0 Å². The second-order valence-electron chi connectivity index (χ2n) is 7.08. The monoisotopic (exact) mass is 455 g/mol. The Balaban J connectivity index is 1.61. The zero-order chi connectivity index (χ0) is 21.0. The molecule has 1 fully saturated rings. The van der Waals surface area contributed by atoms with Gasteiger partial charge in [-0.3, -0.25) is 4.90 Å². The summed E-state index contributed by atoms with van der Waals surface area (Å²) in [6, 6.07) is 11.8. The third kappa shape index (κ3) is 5.48. The molecule has 0 unspecified atom stereocenters. The van der Waals surface area contributed by atoms with E-state index in [-0.39, 0.29) is 6.09 Å². The molecule has 1 aliphatic heterocycles. The SMILES string of the molecule is COC(=O)N(C)Cc1cccc(N2CCN(Cc3c(Cl)ccc(Cl)c3Cl)CC2)c1. The predicted octanol–water partition coefficient (Wildman–Crippen LogP) is 5.17. The van der Waals surface area contributed by atoms with E-state index in [1.165, 1.54) is 7.11 Å². The Hall–Kier alpha value is -1.66. The first-order valence-corrected chi connectivity index (χ1v) is 10.5. The van der Waals surface area contributed by atoms with Crippen LogP contribution in [-0.2, 0) is 17.8 Å². The van der Waals surface area contributed by atoms with Crippen molar-refractivity contribution >= 4 is 46.6 Å². The summed E-state index contributed by atoms with van der Waals surface area (Å²) < 4.78 is 4.76. The lowest BCUT2D eigenvalue weighted by molar-refractivity contribution is 0.131. The number of halogens is 3. The summed E-state index contributed by atoms with van der Waals surface area (Å²) in [5, 5.41) is 1.70. The minimum absolute atomic E-state index is 0.345. The van der Waals surface area contributed by atoms with Crippen molar-refractivity contribution in [3.8, 4) is 0 Å². The summed E-state index contributed by atoms with van der Waals surface area (Å²) in [5.74, 6) is 0. The Morgan fingerprint density at radius 3 is 2.45 bits per heavy atom. The number of piperazine rings is 1. The van der Waals surface area contributed by atoms with Gasteiger partial charge in [-0.05, 0) is 29.8 Å². The third-order valence-corrected chi connectivity index (χ3v) is 6.27. The van der Waals surface area contributed by atoms with Crippen LogP contribution in [0.4, 0.5) is 10.5 Å². The molecule has 1 aliphatic rings. The number of rotatable bonds is 5. The topological polar surface area (TPSA) is 36.0 Å². The van der Waals surface area contributed by atoms with Crippen LogP contribution >= 0.6 is 34.8 Å². The van der Waals surface area contributed by atoms with Gasteiger partial charge in [0.15, 0.2) is 0 Å². The molecule has 0 atom stereocenters. The smallest absolute Gasteiger partial charge is 0.409 e. The van der Waals surface area contributed by atoms with Gasteiger partial charge in [-0.15, -0.1) is 0 Å². The number of hydrogen-bond acceptors (Lipinski definition) is 4. The van der Waals surface area contributed by atoms with Crippen molar-refractivity contribution in [2.45, 2.75) is 13.1 Å². The number of methoxy groups -OCH3 is 1. The standard InChI is InChI=1S/C21H24Cl3N3O2/c1-25(21(28)29-2)13-15-4-3-5-16(12-15)27-10-8-26(9-11-27)14-17-18(22)6-7-19(23)20(17)24/h3-7,12H,8-11,13-14H2,1-2H3. The van der Waals surface area contributed by atoms with Gasteiger partial charge in [-0.25, -0.2) is 4.79 Å². The van der Waals surface area contributed by atoms with Gasteiger partial charge >= 0.3 is 6.09 Å². The lowest BCUT2D eigenvalue weighted by Crippen LogP contribution is -2.46. The van der Waals surface area contributed by atoms with Crippen LogP contribution < -0.4 is 4.90 Å². The first kappa shape index (κ1) is 22.0. The molecule has 1 heterocycles. The average Bonchev–Trinajstić information content (AvgIpc) is 2.74. The Morgan fingerprint density at radius 2 is 1.76 bits per heavy atom. The Kier molecular flexibility index (Phi) is 7.52. The number of carbonyl (C=O) groups is 1. The van der Waals surface area contributed by atoms with Crippen LogP contribution in [0.2, 0.25) is 15.1 Å². The lowest BCUT2D eigenvalue weighted by atomic mass is 10.1. The molecule has 0 radical (unpaired) electrons. The van der Waals surface area contributed by atoms with Crippen LogP contribution in [0.15, 0.2) is 36.4 Å². The molecule has 1 amide bonds. The van der Waals surface area contributed by atoms with E-state index in [2.05, 4.69) is 21.9 Å². The summed E-state index contributed by atoms with van der Waals surface area (Å²) >= 11 is 18.8. The number of nitrogens with zero attached hydrogens (tertiary/aromatic N) is 3. The Bertz CT molecular complexity index is 870. The molecule has 2 aromatic carbocycles. The van der Waals surface area contributed by atoms with Gasteiger partial charge in [0.2, 0.25) is 0 Å². The fourth-order valence-electron chi connectivity index (χ4n) is 3.45. The van der Waals surface area contributed by atoms with Crippen LogP contribution in [0.5, 0.6) is 0 Å². The van der Waals surface area contributed by atoms with E-state index in [4.69, 9.17) is 39.5 Å². The number of amides is 1. The summed E-state index contributed by atoms with van der Waals surface area (Å²) in [6.07, 6.45) is -0.345. The molecule has 0 spiro atoms. The molecule has 5 nitrogen and oxygen atoms in total. The zero-order valence-electron chi connectivity index (χ0n) is 16.5. The first-order chi connectivity index (χ1) is 13.9. The second kappa shape index (κ2) is 9.90. The van der Waals surface area contributed by atoms with Crippen molar-refractivity contribution in [3.63, 3.8) is 0 Å². The summed E-state index contributed by atoms with van der Waals surface area (Å²) in [7, 11) is 3.11. The third-order valence-electron chi connectivity index (χ3n) is 5.07. The van der Waals surface area contributed by atoms with E-state index in [0.717, 1.165) is 43.0 Å². The number of benzene rings is 2. The molecule has 29 heavy (non-hydrogen) atoms. The molecule has 1 saturated heterocycles. The van der Waals surface area contributed by atoms with E-state index in [0.29, 0.717) is 28.2 Å². The fourth-order valence-corrected chi connectivity index (χ4v) is 4.11. The number of hydrogen-bond donors (Lipinski definition) is 0. The highest BCUT2D eigenvalue weighted by atomic mass is 35.5. The van der Waals surface area contributed by atoms with E-state index < -0.39 is 0 Å². The number of anilines is 1. The molecule has 0 bridgehead atoms. The molecule has 0 N–H and O–H groups in total. The highest BCUT2D eigenvalue weighted by Crippen LogP contribution is 2.32. The molecule has 0 aromatic heterocycles. The van der Waals surface area contributed by atoms with Gasteiger partial charge in [0.25, 0.3) is 0 Å². The maximum absolute atomic E-state index is 11.6. The van der Waals surface area contributed by atoms with Gasteiger partial charge in [0, 0.05) is 62.6 Å². The van der Waals surface area contributed by atoms with Gasteiger partial charge in [-0.1, -0.05) is 46.9 Å². The summed E-state index contributed by atoms with van der Waals surface area (Å²) in [4.78, 5) is 17.8. The normalized spacial score (nSPS) is 14.7. The molecule has 156 valence electrons. The van der Waals surface area contributed by atoms with E-state index >= 15 is 0 Å². The molecule has 8 heteroatoms. The molecule has 0 aliphatic carbocycles. The molecule has 2 aromatic rings. The molecule has 3 rings (SSSR count). The van der Waals surface area contributed by atoms with Crippen molar-refractivity contribution < 1.29 is 9.53 Å². The van der Waals surface area contributed by atoms with Crippen LogP contribution in [0.1, 0.15) is 11.1 Å². The minimum atomic E-state index is -0.345. The van der Waals surface area contributed by atoms with Gasteiger partial charge in [0.1, 0.15) is 0 Å². The Labute approximate surface area is 186 Å². The van der Waals surface area contributed by atoms with E-state index in [1.54, 1.807) is 24.1 Å². The van der Waals surface area contributed by atoms with Gasteiger partial charge < -0.3 is 14.5 Å². The first-order valence-electron chi connectivity index (χ1n) is 9.36. The van der Waals surface area contributed by atoms with Crippen molar-refractivity contribution in [2.24, 2.45) is 0 Å². The second-order valence-corrected chi connectivity index (χ2v) is 8.27. The maximum atomic E-state index is 11.6. The molecule has 0 saturated carbocycles. The van der Waals surface area contributed by atoms with Crippen LogP contribution in [0, 0.1) is 0 Å². The highest BCUT2D eigenvalue weighted by molar-refractivity contribution is 6.44. The number of ether oxygens (including phenoxy) is 1. The zero-order valence-corrected chi connectivity index (χ0v) is 18.8. The quantitative estimate of drug-likeness (QED) is 0.582. The Morgan fingerprint density at radius 1 is 1.07 bits per heavy atom. The van der Waals surface area contributed by atoms with Crippen LogP contribution in [0.3, 0.4) is 0 Å². The largest absolute Gasteiger partial charge is 0.453 e. The van der Waals surface area contributed by atoms with Crippen molar-refractivity contribution in [2.75, 3.05) is 45.2 Å².